The largest absolute Gasteiger partial charge is 0.478 e. The highest BCUT2D eigenvalue weighted by molar-refractivity contribution is 6.01. The van der Waals surface area contributed by atoms with Gasteiger partial charge in [0.2, 0.25) is 5.60 Å². The number of aliphatic hydroxyl groups excluding tert-OH is 1. The highest BCUT2D eigenvalue weighted by Gasteiger charge is 2.78. The van der Waals surface area contributed by atoms with Crippen LogP contribution in [0.5, 0.6) is 0 Å². The van der Waals surface area contributed by atoms with E-state index in [-0.39, 0.29) is 31.3 Å². The van der Waals surface area contributed by atoms with Crippen LogP contribution in [0.15, 0.2) is 23.8 Å². The molecule has 0 aliphatic heterocycles. The van der Waals surface area contributed by atoms with E-state index in [1.165, 1.54) is 19.1 Å². The van der Waals surface area contributed by atoms with Gasteiger partial charge in [-0.15, -0.1) is 0 Å². The van der Waals surface area contributed by atoms with Crippen molar-refractivity contribution >= 4 is 17.7 Å². The number of ketones is 1. The Bertz CT molecular complexity index is 945. The molecule has 0 bridgehead atoms. The number of aliphatic hydroxyl groups is 1. The van der Waals surface area contributed by atoms with Crippen molar-refractivity contribution in [3.05, 3.63) is 23.8 Å². The number of hydrogen-bond donors (Lipinski definition) is 2. The van der Waals surface area contributed by atoms with Gasteiger partial charge in [-0.3, -0.25) is 9.59 Å². The lowest BCUT2D eigenvalue weighted by atomic mass is 9.44. The summed E-state index contributed by atoms with van der Waals surface area (Å²) in [4.78, 5) is 36.7. The molecule has 0 radical (unpaired) electrons. The van der Waals surface area contributed by atoms with Crippen LogP contribution in [-0.2, 0) is 19.1 Å². The fourth-order valence-electron chi connectivity index (χ4n) is 7.49. The summed E-state index contributed by atoms with van der Waals surface area (Å²) in [6.45, 7) is 6.31. The number of carboxylic acid groups (broad SMARTS) is 1. The second-order valence-corrected chi connectivity index (χ2v) is 10.4. The Labute approximate surface area is 185 Å². The molecule has 0 aromatic heterocycles. The second-order valence-electron chi connectivity index (χ2n) is 10.4. The molecule has 0 heterocycles. The van der Waals surface area contributed by atoms with Crippen LogP contribution in [0.4, 0.5) is 8.78 Å². The maximum absolute atomic E-state index is 17.1. The van der Waals surface area contributed by atoms with E-state index in [9.17, 15) is 24.6 Å². The highest BCUT2D eigenvalue weighted by atomic mass is 19.1. The summed E-state index contributed by atoms with van der Waals surface area (Å²) in [6, 6.07) is 0. The van der Waals surface area contributed by atoms with Gasteiger partial charge in [0.05, 0.1) is 6.10 Å². The molecule has 0 spiro atoms. The molecule has 0 aromatic rings. The fourth-order valence-corrected chi connectivity index (χ4v) is 7.49. The third kappa shape index (κ3) is 2.50. The van der Waals surface area contributed by atoms with E-state index in [1.807, 2.05) is 0 Å². The first-order valence-electron chi connectivity index (χ1n) is 11.2. The number of alkyl halides is 2. The first-order chi connectivity index (χ1) is 14.8. The van der Waals surface area contributed by atoms with Gasteiger partial charge in [0.15, 0.2) is 11.5 Å². The highest BCUT2D eigenvalue weighted by Crippen LogP contribution is 2.71. The zero-order valence-corrected chi connectivity index (χ0v) is 18.7. The molecule has 176 valence electrons. The topological polar surface area (TPSA) is 101 Å². The molecule has 0 unspecified atom stereocenters. The molecule has 0 saturated heterocycles. The summed E-state index contributed by atoms with van der Waals surface area (Å²) < 4.78 is 38.1. The van der Waals surface area contributed by atoms with Gasteiger partial charge in [0, 0.05) is 29.1 Å². The number of hydrogen-bond acceptors (Lipinski definition) is 5. The van der Waals surface area contributed by atoms with E-state index in [0.29, 0.717) is 0 Å². The summed E-state index contributed by atoms with van der Waals surface area (Å²) in [7, 11) is 0. The Kier molecular flexibility index (Phi) is 5.02. The van der Waals surface area contributed by atoms with Crippen molar-refractivity contribution in [3.8, 4) is 0 Å². The van der Waals surface area contributed by atoms with Crippen LogP contribution >= 0.6 is 0 Å². The van der Waals surface area contributed by atoms with Gasteiger partial charge in [-0.25, -0.2) is 13.6 Å². The second kappa shape index (κ2) is 6.95. The predicted octanol–water partition coefficient (Wildman–Crippen LogP) is 3.33. The lowest BCUT2D eigenvalue weighted by molar-refractivity contribution is -0.237. The molecule has 0 amide bonds. The average Bonchev–Trinajstić information content (AvgIpc) is 2.93. The van der Waals surface area contributed by atoms with Crippen LogP contribution < -0.4 is 0 Å². The molecule has 6 nitrogen and oxygen atoms in total. The first-order valence-corrected chi connectivity index (χ1v) is 11.2. The standard InChI is InChI=1S/C24H30F2O6/c1-5-19(29)32-24(20(30)31)12(2)8-14-15-10-17(25)16-9-13(27)6-7-21(16,3)23(15,26)18(28)11-22(14,24)4/h6-7,9,12,14-15,17-18,28H,5,8,10-11H2,1-4H3,(H,30,31)/t12-,14+,15+,17+,18+,21+,22+,23+,24+/m1/s1. The molecular weight excluding hydrogens is 422 g/mol. The minimum Gasteiger partial charge on any atom is -0.478 e. The summed E-state index contributed by atoms with van der Waals surface area (Å²) in [5, 5.41) is 21.5. The number of allylic oxidation sites excluding steroid dienone is 4. The number of rotatable bonds is 3. The fraction of sp³-hybridized carbons (Fsp3) is 0.708. The molecule has 9 atom stereocenters. The maximum atomic E-state index is 17.1. The van der Waals surface area contributed by atoms with Crippen LogP contribution in [0.1, 0.15) is 53.4 Å². The Morgan fingerprint density at radius 3 is 2.50 bits per heavy atom. The normalized spacial score (nSPS) is 49.5. The molecule has 2 N–H and O–H groups in total. The third-order valence-corrected chi connectivity index (χ3v) is 9.05. The number of carbonyl (C=O) groups is 3. The van der Waals surface area contributed by atoms with E-state index in [0.717, 1.165) is 6.08 Å². The van der Waals surface area contributed by atoms with Crippen LogP contribution in [-0.4, -0.2) is 51.5 Å². The van der Waals surface area contributed by atoms with E-state index >= 15 is 8.78 Å². The zero-order valence-electron chi connectivity index (χ0n) is 18.7. The molecule has 3 saturated carbocycles. The van der Waals surface area contributed by atoms with Crippen LogP contribution in [0.25, 0.3) is 0 Å². The molecule has 0 aromatic carbocycles. The van der Waals surface area contributed by atoms with E-state index in [4.69, 9.17) is 4.74 Å². The van der Waals surface area contributed by atoms with Crippen molar-refractivity contribution in [2.24, 2.45) is 28.6 Å². The number of ether oxygens (including phenoxy) is 1. The van der Waals surface area contributed by atoms with Gasteiger partial charge in [0.1, 0.15) is 6.17 Å². The minimum atomic E-state index is -2.30. The van der Waals surface area contributed by atoms with Crippen molar-refractivity contribution in [1.82, 2.24) is 0 Å². The Morgan fingerprint density at radius 1 is 1.25 bits per heavy atom. The van der Waals surface area contributed by atoms with Crippen molar-refractivity contribution in [1.29, 1.82) is 0 Å². The number of esters is 1. The van der Waals surface area contributed by atoms with Crippen molar-refractivity contribution in [2.75, 3.05) is 0 Å². The Hall–Kier alpha value is -2.09. The van der Waals surface area contributed by atoms with Crippen molar-refractivity contribution < 1.29 is 38.1 Å². The first kappa shape index (κ1) is 23.1. The number of fused-ring (bicyclic) bond motifs is 5. The summed E-state index contributed by atoms with van der Waals surface area (Å²) in [6.07, 6.45) is 0.0529. The lowest BCUT2D eigenvalue weighted by Gasteiger charge is -2.62. The Morgan fingerprint density at radius 2 is 1.91 bits per heavy atom. The maximum Gasteiger partial charge on any atom is 0.349 e. The van der Waals surface area contributed by atoms with Gasteiger partial charge >= 0.3 is 11.9 Å². The van der Waals surface area contributed by atoms with Gasteiger partial charge in [-0.05, 0) is 49.8 Å². The number of halogens is 2. The molecule has 32 heavy (non-hydrogen) atoms. The minimum absolute atomic E-state index is 0.0133. The quantitative estimate of drug-likeness (QED) is 0.637. The predicted molar refractivity (Wildman–Crippen MR) is 110 cm³/mol. The molecule has 4 aliphatic carbocycles. The molecule has 4 rings (SSSR count). The van der Waals surface area contributed by atoms with E-state index in [1.54, 1.807) is 20.8 Å². The summed E-state index contributed by atoms with van der Waals surface area (Å²) in [5.41, 5.74) is -7.07. The van der Waals surface area contributed by atoms with Crippen molar-refractivity contribution in [3.63, 3.8) is 0 Å². The Balaban J connectivity index is 1.87. The van der Waals surface area contributed by atoms with Crippen LogP contribution in [0, 0.1) is 28.6 Å². The smallest absolute Gasteiger partial charge is 0.349 e. The number of carbonyl (C=O) groups excluding carboxylic acids is 2. The molecule has 3 fully saturated rings. The number of carboxylic acids is 1. The van der Waals surface area contributed by atoms with E-state index < -0.39 is 69.9 Å². The van der Waals surface area contributed by atoms with Gasteiger partial charge in [-0.2, -0.15) is 0 Å². The van der Waals surface area contributed by atoms with Gasteiger partial charge < -0.3 is 14.9 Å². The average molecular weight is 452 g/mol. The van der Waals surface area contributed by atoms with Crippen LogP contribution in [0.2, 0.25) is 0 Å². The van der Waals surface area contributed by atoms with Crippen molar-refractivity contribution in [2.45, 2.75) is 76.9 Å². The molecular formula is C24H30F2O6. The van der Waals surface area contributed by atoms with Gasteiger partial charge in [-0.1, -0.05) is 26.8 Å². The summed E-state index contributed by atoms with van der Waals surface area (Å²) >= 11 is 0. The summed E-state index contributed by atoms with van der Waals surface area (Å²) in [5.74, 6) is -4.78. The monoisotopic (exact) mass is 452 g/mol. The third-order valence-electron chi connectivity index (χ3n) is 9.05. The van der Waals surface area contributed by atoms with E-state index in [2.05, 4.69) is 0 Å². The van der Waals surface area contributed by atoms with Gasteiger partial charge in [0.25, 0.3) is 0 Å². The lowest BCUT2D eigenvalue weighted by Crippen LogP contribution is -2.71. The van der Waals surface area contributed by atoms with Crippen LogP contribution in [0.3, 0.4) is 0 Å². The number of aliphatic carboxylic acids is 1. The molecule has 8 heteroatoms. The zero-order chi connectivity index (χ0) is 23.9. The SMILES string of the molecule is CCC(=O)O[C@]1(C(=O)O)[C@H](C)C[C@H]2[C@@H]3C[C@H](F)C4=CC(=O)C=C[C@]4(C)[C@@]3(F)[C@@H](O)C[C@@]21C. The molecule has 4 aliphatic rings.